The van der Waals surface area contributed by atoms with Gasteiger partial charge in [0.2, 0.25) is 0 Å². The van der Waals surface area contributed by atoms with Crippen molar-refractivity contribution in [2.75, 3.05) is 13.7 Å². The van der Waals surface area contributed by atoms with E-state index in [1.165, 1.54) is 0 Å². The van der Waals surface area contributed by atoms with Gasteiger partial charge < -0.3 is 14.5 Å². The number of fused-ring (bicyclic) bond motifs is 1. The predicted molar refractivity (Wildman–Crippen MR) is 89.2 cm³/mol. The minimum atomic E-state index is -0.158. The molecule has 2 heterocycles. The molecular weight excluding hydrogens is 314 g/mol. The number of para-hydroxylation sites is 1. The Kier molecular flexibility index (Phi) is 4.48. The number of nitrogens with one attached hydrogen (secondary N) is 1. The summed E-state index contributed by atoms with van der Waals surface area (Å²) >= 11 is 5.95. The van der Waals surface area contributed by atoms with Gasteiger partial charge in [0, 0.05) is 25.4 Å². The predicted octanol–water partition coefficient (Wildman–Crippen LogP) is 2.97. The van der Waals surface area contributed by atoms with E-state index >= 15 is 0 Å². The molecule has 1 N–H and O–H groups in total. The van der Waals surface area contributed by atoms with Gasteiger partial charge in [-0.25, -0.2) is 4.98 Å². The third kappa shape index (κ3) is 3.46. The van der Waals surface area contributed by atoms with Gasteiger partial charge in [-0.05, 0) is 24.3 Å². The van der Waals surface area contributed by atoms with Crippen molar-refractivity contribution >= 4 is 23.2 Å². The maximum atomic E-state index is 12.2. The first kappa shape index (κ1) is 15.4. The summed E-state index contributed by atoms with van der Waals surface area (Å²) in [5, 5.41) is 3.54. The van der Waals surface area contributed by atoms with Crippen LogP contribution in [0.4, 0.5) is 0 Å². The van der Waals surface area contributed by atoms with E-state index in [1.807, 2.05) is 28.8 Å². The minimum Gasteiger partial charge on any atom is -0.496 e. The molecule has 118 valence electrons. The van der Waals surface area contributed by atoms with Crippen LogP contribution in [-0.2, 0) is 6.42 Å². The van der Waals surface area contributed by atoms with Crippen molar-refractivity contribution in [3.63, 3.8) is 0 Å². The summed E-state index contributed by atoms with van der Waals surface area (Å²) in [5.41, 5.74) is 2.25. The number of benzene rings is 1. The highest BCUT2D eigenvalue weighted by molar-refractivity contribution is 6.30. The molecule has 0 saturated heterocycles. The van der Waals surface area contributed by atoms with Gasteiger partial charge in [-0.3, -0.25) is 4.79 Å². The van der Waals surface area contributed by atoms with E-state index in [0.717, 1.165) is 11.3 Å². The summed E-state index contributed by atoms with van der Waals surface area (Å²) in [5.74, 6) is 0.404. The molecule has 0 unspecified atom stereocenters. The average molecular weight is 330 g/mol. The van der Waals surface area contributed by atoms with Crippen LogP contribution in [0.15, 0.2) is 48.8 Å². The lowest BCUT2D eigenvalue weighted by Crippen LogP contribution is -2.26. The Labute approximate surface area is 138 Å². The molecule has 2 aromatic heterocycles. The Bertz CT molecular complexity index is 845. The minimum absolute atomic E-state index is 0.158. The lowest BCUT2D eigenvalue weighted by Gasteiger charge is -2.08. The number of nitrogens with zero attached hydrogens (tertiary/aromatic N) is 2. The highest BCUT2D eigenvalue weighted by Gasteiger charge is 2.11. The van der Waals surface area contributed by atoms with E-state index in [1.54, 1.807) is 31.5 Å². The van der Waals surface area contributed by atoms with Crippen molar-refractivity contribution in [2.45, 2.75) is 6.42 Å². The Morgan fingerprint density at radius 1 is 1.26 bits per heavy atom. The van der Waals surface area contributed by atoms with Crippen LogP contribution in [0.1, 0.15) is 16.1 Å². The smallest absolute Gasteiger partial charge is 0.255 e. The molecule has 3 rings (SSSR count). The lowest BCUT2D eigenvalue weighted by atomic mass is 10.2. The van der Waals surface area contributed by atoms with E-state index in [2.05, 4.69) is 10.3 Å². The van der Waals surface area contributed by atoms with Crippen molar-refractivity contribution in [3.8, 4) is 5.75 Å². The molecule has 1 aromatic carbocycles. The number of rotatable bonds is 5. The van der Waals surface area contributed by atoms with Crippen LogP contribution in [-0.4, -0.2) is 28.9 Å². The van der Waals surface area contributed by atoms with Crippen LogP contribution in [0.5, 0.6) is 5.75 Å². The van der Waals surface area contributed by atoms with Crippen molar-refractivity contribution in [2.24, 2.45) is 0 Å². The number of hydrogen-bond donors (Lipinski definition) is 1. The fourth-order valence-corrected chi connectivity index (χ4v) is 2.54. The number of ether oxygens (including phenoxy) is 1. The van der Waals surface area contributed by atoms with Crippen LogP contribution < -0.4 is 10.1 Å². The molecule has 0 aliphatic carbocycles. The molecule has 3 aromatic rings. The molecule has 6 heteroatoms. The van der Waals surface area contributed by atoms with Gasteiger partial charge in [-0.1, -0.05) is 23.7 Å². The Balaban J connectivity index is 1.63. The first-order valence-corrected chi connectivity index (χ1v) is 7.59. The SMILES string of the molecule is COc1ccccc1C(=O)NCCc1cn2cc(Cl)ccc2n1. The fraction of sp³-hybridized carbons (Fsp3) is 0.176. The topological polar surface area (TPSA) is 55.6 Å². The highest BCUT2D eigenvalue weighted by Crippen LogP contribution is 2.17. The number of pyridine rings is 1. The number of aromatic nitrogens is 2. The lowest BCUT2D eigenvalue weighted by molar-refractivity contribution is 0.0951. The second kappa shape index (κ2) is 6.71. The molecule has 1 amide bonds. The maximum Gasteiger partial charge on any atom is 0.255 e. The molecule has 23 heavy (non-hydrogen) atoms. The number of halogens is 1. The number of imidazole rings is 1. The molecule has 0 radical (unpaired) electrons. The van der Waals surface area contributed by atoms with Gasteiger partial charge >= 0.3 is 0 Å². The normalized spacial score (nSPS) is 10.7. The molecule has 5 nitrogen and oxygen atoms in total. The summed E-state index contributed by atoms with van der Waals surface area (Å²) in [4.78, 5) is 16.7. The Hall–Kier alpha value is -2.53. The fourth-order valence-electron chi connectivity index (χ4n) is 2.37. The summed E-state index contributed by atoms with van der Waals surface area (Å²) in [6.45, 7) is 0.495. The standard InChI is InChI=1S/C17H16ClN3O2/c1-23-15-5-3-2-4-14(15)17(22)19-9-8-13-11-21-10-12(18)6-7-16(21)20-13/h2-7,10-11H,8-9H2,1H3,(H,19,22). The summed E-state index contributed by atoms with van der Waals surface area (Å²) < 4.78 is 7.07. The van der Waals surface area contributed by atoms with Gasteiger partial charge in [0.15, 0.2) is 0 Å². The van der Waals surface area contributed by atoms with Gasteiger partial charge in [0.05, 0.1) is 23.4 Å². The van der Waals surface area contributed by atoms with E-state index < -0.39 is 0 Å². The zero-order valence-corrected chi connectivity index (χ0v) is 13.4. The largest absolute Gasteiger partial charge is 0.496 e. The van der Waals surface area contributed by atoms with Crippen molar-refractivity contribution in [1.82, 2.24) is 14.7 Å². The monoisotopic (exact) mass is 329 g/mol. The van der Waals surface area contributed by atoms with Crippen molar-refractivity contribution < 1.29 is 9.53 Å². The molecule has 0 saturated carbocycles. The molecular formula is C17H16ClN3O2. The summed E-state index contributed by atoms with van der Waals surface area (Å²) in [6.07, 6.45) is 4.36. The first-order chi connectivity index (χ1) is 11.2. The van der Waals surface area contributed by atoms with E-state index in [-0.39, 0.29) is 5.91 Å². The molecule has 0 fully saturated rings. The zero-order valence-electron chi connectivity index (χ0n) is 12.6. The Morgan fingerprint density at radius 3 is 2.91 bits per heavy atom. The number of methoxy groups -OCH3 is 1. The van der Waals surface area contributed by atoms with Gasteiger partial charge in [-0.2, -0.15) is 0 Å². The molecule has 0 aliphatic rings. The molecule has 0 atom stereocenters. The number of carbonyl (C=O) groups excluding carboxylic acids is 1. The first-order valence-electron chi connectivity index (χ1n) is 7.22. The second-order valence-corrected chi connectivity index (χ2v) is 5.49. The third-order valence-electron chi connectivity index (χ3n) is 3.48. The van der Waals surface area contributed by atoms with Crippen LogP contribution in [0.25, 0.3) is 5.65 Å². The summed E-state index contributed by atoms with van der Waals surface area (Å²) in [6, 6.07) is 10.8. The number of amides is 1. The zero-order chi connectivity index (χ0) is 16.2. The van der Waals surface area contributed by atoms with Gasteiger partial charge in [0.1, 0.15) is 11.4 Å². The molecule has 0 bridgehead atoms. The van der Waals surface area contributed by atoms with E-state index in [0.29, 0.717) is 29.3 Å². The Morgan fingerprint density at radius 2 is 2.09 bits per heavy atom. The van der Waals surface area contributed by atoms with Crippen molar-refractivity contribution in [3.05, 3.63) is 65.1 Å². The van der Waals surface area contributed by atoms with E-state index in [4.69, 9.17) is 16.3 Å². The van der Waals surface area contributed by atoms with Crippen LogP contribution in [0, 0.1) is 0 Å². The average Bonchev–Trinajstić information content (AvgIpc) is 2.96. The van der Waals surface area contributed by atoms with Gasteiger partial charge in [-0.15, -0.1) is 0 Å². The molecule has 0 aliphatic heterocycles. The van der Waals surface area contributed by atoms with Gasteiger partial charge in [0.25, 0.3) is 5.91 Å². The van der Waals surface area contributed by atoms with Crippen LogP contribution in [0.3, 0.4) is 0 Å². The third-order valence-corrected chi connectivity index (χ3v) is 3.71. The summed E-state index contributed by atoms with van der Waals surface area (Å²) in [7, 11) is 1.55. The van der Waals surface area contributed by atoms with Crippen LogP contribution >= 0.6 is 11.6 Å². The number of hydrogen-bond acceptors (Lipinski definition) is 3. The quantitative estimate of drug-likeness (QED) is 0.783. The molecule has 0 spiro atoms. The maximum absolute atomic E-state index is 12.2. The van der Waals surface area contributed by atoms with Crippen LogP contribution in [0.2, 0.25) is 5.02 Å². The van der Waals surface area contributed by atoms with Crippen molar-refractivity contribution in [1.29, 1.82) is 0 Å². The second-order valence-electron chi connectivity index (χ2n) is 5.05. The highest BCUT2D eigenvalue weighted by atomic mass is 35.5. The number of carbonyl (C=O) groups is 1. The van der Waals surface area contributed by atoms with E-state index in [9.17, 15) is 4.79 Å².